The van der Waals surface area contributed by atoms with Gasteiger partial charge in [-0.1, -0.05) is 55.5 Å². The molecule has 23 heavy (non-hydrogen) atoms. The summed E-state index contributed by atoms with van der Waals surface area (Å²) in [4.78, 5) is 4.46. The summed E-state index contributed by atoms with van der Waals surface area (Å²) in [5.74, 6) is 0.449. The molecule has 0 spiro atoms. The SMILES string of the molecule is CCc1ccc(O)c(C(Cc2ccccn2)c2ccccc2)c1. The zero-order chi connectivity index (χ0) is 16.1. The largest absolute Gasteiger partial charge is 0.508 e. The normalized spacial score (nSPS) is 12.0. The van der Waals surface area contributed by atoms with E-state index in [0.717, 1.165) is 24.1 Å². The van der Waals surface area contributed by atoms with Crippen molar-refractivity contribution in [2.75, 3.05) is 0 Å². The standard InChI is InChI=1S/C21H21NO/c1-2-16-11-12-21(23)20(14-16)19(17-8-4-3-5-9-17)15-18-10-6-7-13-22-18/h3-14,19,23H,2,15H2,1H3. The number of rotatable bonds is 5. The van der Waals surface area contributed by atoms with Crippen LogP contribution in [0.15, 0.2) is 72.9 Å². The second-order valence-electron chi connectivity index (χ2n) is 5.74. The quantitative estimate of drug-likeness (QED) is 0.739. The van der Waals surface area contributed by atoms with Crippen LogP contribution in [0.2, 0.25) is 0 Å². The number of aromatic nitrogens is 1. The molecule has 3 aromatic rings. The van der Waals surface area contributed by atoms with E-state index in [1.165, 1.54) is 11.1 Å². The first kappa shape index (κ1) is 15.3. The third-order valence-corrected chi connectivity index (χ3v) is 4.22. The van der Waals surface area contributed by atoms with Gasteiger partial charge in [0.25, 0.3) is 0 Å². The van der Waals surface area contributed by atoms with Crippen molar-refractivity contribution in [3.8, 4) is 5.75 Å². The van der Waals surface area contributed by atoms with Crippen LogP contribution in [-0.4, -0.2) is 10.1 Å². The van der Waals surface area contributed by atoms with Gasteiger partial charge in [0.05, 0.1) is 0 Å². The number of pyridine rings is 1. The van der Waals surface area contributed by atoms with Crippen molar-refractivity contribution in [1.29, 1.82) is 0 Å². The van der Waals surface area contributed by atoms with Crippen molar-refractivity contribution in [2.24, 2.45) is 0 Å². The fraction of sp³-hybridized carbons (Fsp3) is 0.190. The number of hydrogen-bond donors (Lipinski definition) is 1. The highest BCUT2D eigenvalue weighted by Gasteiger charge is 2.19. The van der Waals surface area contributed by atoms with Gasteiger partial charge < -0.3 is 5.11 Å². The van der Waals surface area contributed by atoms with Crippen LogP contribution >= 0.6 is 0 Å². The van der Waals surface area contributed by atoms with Crippen LogP contribution < -0.4 is 0 Å². The van der Waals surface area contributed by atoms with Crippen molar-refractivity contribution in [3.05, 3.63) is 95.3 Å². The van der Waals surface area contributed by atoms with Crippen LogP contribution in [0.1, 0.15) is 35.2 Å². The number of nitrogens with zero attached hydrogens (tertiary/aromatic N) is 1. The van der Waals surface area contributed by atoms with Crippen LogP contribution in [0.3, 0.4) is 0 Å². The van der Waals surface area contributed by atoms with E-state index in [0.29, 0.717) is 5.75 Å². The lowest BCUT2D eigenvalue weighted by atomic mass is 9.86. The van der Waals surface area contributed by atoms with Gasteiger partial charge in [0.1, 0.15) is 5.75 Å². The molecule has 1 N–H and O–H groups in total. The van der Waals surface area contributed by atoms with Crippen LogP contribution in [0.5, 0.6) is 5.75 Å². The van der Waals surface area contributed by atoms with E-state index in [1.807, 2.05) is 54.7 Å². The summed E-state index contributed by atoms with van der Waals surface area (Å²) in [5.41, 5.74) is 4.44. The molecule has 2 heteroatoms. The topological polar surface area (TPSA) is 33.1 Å². The third kappa shape index (κ3) is 3.59. The maximum absolute atomic E-state index is 10.4. The Morgan fingerprint density at radius 2 is 1.74 bits per heavy atom. The molecule has 0 aliphatic heterocycles. The van der Waals surface area contributed by atoms with E-state index in [1.54, 1.807) is 0 Å². The molecule has 0 aliphatic rings. The number of aromatic hydroxyl groups is 1. The highest BCUT2D eigenvalue weighted by molar-refractivity contribution is 5.44. The molecule has 1 aromatic heterocycles. The minimum Gasteiger partial charge on any atom is -0.508 e. The third-order valence-electron chi connectivity index (χ3n) is 4.22. The van der Waals surface area contributed by atoms with Gasteiger partial charge in [0.2, 0.25) is 0 Å². The highest BCUT2D eigenvalue weighted by atomic mass is 16.3. The summed E-state index contributed by atoms with van der Waals surface area (Å²) in [6.45, 7) is 2.13. The number of aryl methyl sites for hydroxylation is 1. The summed E-state index contributed by atoms with van der Waals surface area (Å²) in [6, 6.07) is 22.2. The molecule has 2 aromatic carbocycles. The summed E-state index contributed by atoms with van der Waals surface area (Å²) < 4.78 is 0. The highest BCUT2D eigenvalue weighted by Crippen LogP contribution is 2.34. The van der Waals surface area contributed by atoms with E-state index in [9.17, 15) is 5.11 Å². The second kappa shape index (κ2) is 7.10. The maximum atomic E-state index is 10.4. The van der Waals surface area contributed by atoms with E-state index < -0.39 is 0 Å². The molecule has 0 saturated carbocycles. The molecule has 0 saturated heterocycles. The van der Waals surface area contributed by atoms with Gasteiger partial charge in [-0.05, 0) is 35.7 Å². The monoisotopic (exact) mass is 303 g/mol. The van der Waals surface area contributed by atoms with E-state index in [-0.39, 0.29) is 5.92 Å². The van der Waals surface area contributed by atoms with E-state index >= 15 is 0 Å². The average molecular weight is 303 g/mol. The van der Waals surface area contributed by atoms with Gasteiger partial charge in [0.15, 0.2) is 0 Å². The zero-order valence-electron chi connectivity index (χ0n) is 13.3. The summed E-state index contributed by atoms with van der Waals surface area (Å²) in [7, 11) is 0. The number of phenols is 1. The lowest BCUT2D eigenvalue weighted by Gasteiger charge is -2.20. The molecule has 0 radical (unpaired) electrons. The Balaban J connectivity index is 2.05. The van der Waals surface area contributed by atoms with Gasteiger partial charge >= 0.3 is 0 Å². The average Bonchev–Trinajstić information content (AvgIpc) is 2.62. The molecule has 2 nitrogen and oxygen atoms in total. The minimum atomic E-state index is 0.0950. The Hall–Kier alpha value is -2.61. The molecular weight excluding hydrogens is 282 g/mol. The fourth-order valence-electron chi connectivity index (χ4n) is 2.92. The lowest BCUT2D eigenvalue weighted by molar-refractivity contribution is 0.464. The zero-order valence-corrected chi connectivity index (χ0v) is 13.3. The molecule has 3 rings (SSSR count). The van der Waals surface area contributed by atoms with E-state index in [4.69, 9.17) is 0 Å². The van der Waals surface area contributed by atoms with Crippen LogP contribution in [0, 0.1) is 0 Å². The molecule has 0 fully saturated rings. The van der Waals surface area contributed by atoms with E-state index in [2.05, 4.69) is 30.1 Å². The van der Waals surface area contributed by atoms with Crippen molar-refractivity contribution in [1.82, 2.24) is 4.98 Å². The Bertz CT molecular complexity index is 753. The van der Waals surface area contributed by atoms with Crippen molar-refractivity contribution >= 4 is 0 Å². The first-order valence-corrected chi connectivity index (χ1v) is 8.04. The van der Waals surface area contributed by atoms with Crippen molar-refractivity contribution in [3.63, 3.8) is 0 Å². The van der Waals surface area contributed by atoms with Gasteiger partial charge in [-0.15, -0.1) is 0 Å². The molecule has 1 unspecified atom stereocenters. The smallest absolute Gasteiger partial charge is 0.119 e. The number of phenolic OH excluding ortho intramolecular Hbond substituents is 1. The molecule has 0 amide bonds. The van der Waals surface area contributed by atoms with Gasteiger partial charge in [0, 0.05) is 29.8 Å². The molecule has 1 atom stereocenters. The Morgan fingerprint density at radius 3 is 2.43 bits per heavy atom. The van der Waals surface area contributed by atoms with Crippen LogP contribution in [0.25, 0.3) is 0 Å². The Labute approximate surface area is 137 Å². The molecule has 0 bridgehead atoms. The van der Waals surface area contributed by atoms with Crippen molar-refractivity contribution in [2.45, 2.75) is 25.7 Å². The predicted octanol–water partition coefficient (Wildman–Crippen LogP) is 4.72. The number of benzene rings is 2. The predicted molar refractivity (Wildman–Crippen MR) is 93.7 cm³/mol. The summed E-state index contributed by atoms with van der Waals surface area (Å²) >= 11 is 0. The molecule has 0 aliphatic carbocycles. The lowest BCUT2D eigenvalue weighted by Crippen LogP contribution is -2.07. The van der Waals surface area contributed by atoms with Crippen LogP contribution in [0.4, 0.5) is 0 Å². The first-order chi connectivity index (χ1) is 11.3. The maximum Gasteiger partial charge on any atom is 0.119 e. The number of hydrogen-bond acceptors (Lipinski definition) is 2. The fourth-order valence-corrected chi connectivity index (χ4v) is 2.92. The van der Waals surface area contributed by atoms with Crippen LogP contribution in [-0.2, 0) is 12.8 Å². The minimum absolute atomic E-state index is 0.0950. The van der Waals surface area contributed by atoms with Gasteiger partial charge in [-0.2, -0.15) is 0 Å². The Morgan fingerprint density at radius 1 is 0.957 bits per heavy atom. The first-order valence-electron chi connectivity index (χ1n) is 8.04. The van der Waals surface area contributed by atoms with Gasteiger partial charge in [-0.25, -0.2) is 0 Å². The van der Waals surface area contributed by atoms with Gasteiger partial charge in [-0.3, -0.25) is 4.98 Å². The Kier molecular flexibility index (Phi) is 4.72. The summed E-state index contributed by atoms with van der Waals surface area (Å²) in [6.07, 6.45) is 3.55. The second-order valence-corrected chi connectivity index (χ2v) is 5.74. The van der Waals surface area contributed by atoms with Crippen molar-refractivity contribution < 1.29 is 5.11 Å². The summed E-state index contributed by atoms with van der Waals surface area (Å²) in [5, 5.41) is 10.4. The molecular formula is C21H21NO. The molecule has 116 valence electrons. The molecule has 1 heterocycles.